The summed E-state index contributed by atoms with van der Waals surface area (Å²) in [7, 11) is -4.11. The number of benzene rings is 4. The van der Waals surface area contributed by atoms with Crippen LogP contribution in [0, 0.1) is 6.92 Å². The Kier molecular flexibility index (Phi) is 8.69. The van der Waals surface area contributed by atoms with Crippen molar-refractivity contribution in [1.29, 1.82) is 0 Å². The summed E-state index contributed by atoms with van der Waals surface area (Å²) < 4.78 is 28.2. The van der Waals surface area contributed by atoms with Crippen LogP contribution in [0.2, 0.25) is 5.02 Å². The fraction of sp³-hybridized carbons (Fsp3) is 0.133. The summed E-state index contributed by atoms with van der Waals surface area (Å²) in [6.07, 6.45) is 0. The number of halogens is 1. The van der Waals surface area contributed by atoms with Crippen LogP contribution in [0.25, 0.3) is 0 Å². The van der Waals surface area contributed by atoms with E-state index in [2.05, 4.69) is 10.6 Å². The zero-order valence-electron chi connectivity index (χ0n) is 21.5. The molecule has 4 aromatic rings. The molecule has 0 heterocycles. The second kappa shape index (κ2) is 12.1. The lowest BCUT2D eigenvalue weighted by molar-refractivity contribution is -0.114. The Morgan fingerprint density at radius 3 is 2.23 bits per heavy atom. The van der Waals surface area contributed by atoms with E-state index in [0.717, 1.165) is 15.4 Å². The fourth-order valence-corrected chi connectivity index (χ4v) is 5.59. The van der Waals surface area contributed by atoms with Crippen molar-refractivity contribution in [3.63, 3.8) is 0 Å². The number of rotatable bonds is 9. The van der Waals surface area contributed by atoms with E-state index in [1.54, 1.807) is 54.6 Å². The number of nitrogens with one attached hydrogen (secondary N) is 2. The molecule has 9 heteroatoms. The molecule has 0 fully saturated rings. The van der Waals surface area contributed by atoms with Crippen LogP contribution in [0.4, 0.5) is 11.4 Å². The van der Waals surface area contributed by atoms with Gasteiger partial charge in [-0.2, -0.15) is 0 Å². The minimum Gasteiger partial charge on any atom is -0.345 e. The van der Waals surface area contributed by atoms with Crippen LogP contribution in [0.15, 0.2) is 108 Å². The first-order valence-corrected chi connectivity index (χ1v) is 14.1. The van der Waals surface area contributed by atoms with Gasteiger partial charge in [-0.1, -0.05) is 77.8 Å². The average molecular weight is 562 g/mol. The van der Waals surface area contributed by atoms with Gasteiger partial charge in [-0.25, -0.2) is 8.42 Å². The van der Waals surface area contributed by atoms with Crippen molar-refractivity contribution >= 4 is 44.8 Å². The van der Waals surface area contributed by atoms with Gasteiger partial charge < -0.3 is 10.6 Å². The van der Waals surface area contributed by atoms with Crippen LogP contribution in [-0.2, 0) is 14.8 Å². The van der Waals surface area contributed by atoms with Crippen LogP contribution in [0.1, 0.15) is 34.5 Å². The number of hydrogen-bond acceptors (Lipinski definition) is 4. The minimum atomic E-state index is -4.11. The molecular weight excluding hydrogens is 534 g/mol. The van der Waals surface area contributed by atoms with Crippen LogP contribution in [0.3, 0.4) is 0 Å². The molecule has 0 spiro atoms. The highest BCUT2D eigenvalue weighted by Crippen LogP contribution is 2.27. The molecule has 4 rings (SSSR count). The number of hydrogen-bond donors (Lipinski definition) is 2. The summed E-state index contributed by atoms with van der Waals surface area (Å²) in [6.45, 7) is 3.19. The van der Waals surface area contributed by atoms with Gasteiger partial charge >= 0.3 is 0 Å². The predicted octanol–water partition coefficient (Wildman–Crippen LogP) is 5.97. The van der Waals surface area contributed by atoms with Gasteiger partial charge in [0.1, 0.15) is 6.54 Å². The van der Waals surface area contributed by atoms with E-state index in [-0.39, 0.29) is 33.8 Å². The molecule has 7 nitrogen and oxygen atoms in total. The first-order chi connectivity index (χ1) is 18.6. The van der Waals surface area contributed by atoms with Gasteiger partial charge in [-0.05, 0) is 61.9 Å². The maximum absolute atomic E-state index is 13.6. The maximum atomic E-state index is 13.6. The highest BCUT2D eigenvalue weighted by atomic mass is 35.5. The summed E-state index contributed by atoms with van der Waals surface area (Å²) >= 11 is 6.15. The van der Waals surface area contributed by atoms with Gasteiger partial charge in [0, 0.05) is 5.02 Å². The molecule has 0 aliphatic carbocycles. The van der Waals surface area contributed by atoms with E-state index in [1.165, 1.54) is 18.2 Å². The van der Waals surface area contributed by atoms with E-state index < -0.39 is 22.5 Å². The smallest absolute Gasteiger partial charge is 0.264 e. The maximum Gasteiger partial charge on any atom is 0.264 e. The van der Waals surface area contributed by atoms with Crippen LogP contribution in [-0.4, -0.2) is 26.8 Å². The second-order valence-electron chi connectivity index (χ2n) is 9.00. The molecule has 0 saturated heterocycles. The van der Waals surface area contributed by atoms with E-state index in [4.69, 9.17) is 11.6 Å². The van der Waals surface area contributed by atoms with Crippen LogP contribution in [0.5, 0.6) is 0 Å². The second-order valence-corrected chi connectivity index (χ2v) is 11.3. The molecule has 0 radical (unpaired) electrons. The lowest BCUT2D eigenvalue weighted by Gasteiger charge is -2.24. The summed E-state index contributed by atoms with van der Waals surface area (Å²) in [6, 6.07) is 28.5. The van der Waals surface area contributed by atoms with Crippen molar-refractivity contribution < 1.29 is 18.0 Å². The van der Waals surface area contributed by atoms with E-state index >= 15 is 0 Å². The van der Waals surface area contributed by atoms with Gasteiger partial charge in [-0.15, -0.1) is 0 Å². The van der Waals surface area contributed by atoms with Crippen molar-refractivity contribution in [2.45, 2.75) is 24.8 Å². The number of carbonyl (C=O) groups is 2. The molecule has 0 aromatic heterocycles. The topological polar surface area (TPSA) is 95.6 Å². The monoisotopic (exact) mass is 561 g/mol. The third-order valence-corrected chi connectivity index (χ3v) is 8.11. The van der Waals surface area contributed by atoms with Crippen molar-refractivity contribution in [3.05, 3.63) is 125 Å². The zero-order valence-corrected chi connectivity index (χ0v) is 23.0. The minimum absolute atomic E-state index is 0.0375. The molecule has 2 N–H and O–H groups in total. The first-order valence-electron chi connectivity index (χ1n) is 12.2. The standard InChI is InChI=1S/C30H28ClN3O4S/c1-21-15-17-26(18-16-21)39(37,38)34(25-12-8-11-24(31)19-25)20-29(35)33-28-14-7-6-13-27(28)30(36)32-22(2)23-9-4-3-5-10-23/h3-19,22H,20H2,1-2H3,(H,32,36)(H,33,35)/t22-/m0/s1. The van der Waals surface area contributed by atoms with Gasteiger partial charge in [0.2, 0.25) is 5.91 Å². The molecular formula is C30H28ClN3O4S. The highest BCUT2D eigenvalue weighted by molar-refractivity contribution is 7.92. The molecule has 2 amide bonds. The molecule has 4 aromatic carbocycles. The number of carbonyl (C=O) groups excluding carboxylic acids is 2. The predicted molar refractivity (Wildman–Crippen MR) is 155 cm³/mol. The Bertz CT molecular complexity index is 1580. The molecule has 0 aliphatic heterocycles. The first kappa shape index (κ1) is 27.9. The third kappa shape index (κ3) is 6.85. The van der Waals surface area contributed by atoms with Gasteiger partial charge in [0.25, 0.3) is 15.9 Å². The van der Waals surface area contributed by atoms with Gasteiger partial charge in [0.05, 0.1) is 27.9 Å². The number of anilines is 2. The third-order valence-electron chi connectivity index (χ3n) is 6.09. The van der Waals surface area contributed by atoms with Crippen molar-refractivity contribution in [1.82, 2.24) is 5.32 Å². The summed E-state index contributed by atoms with van der Waals surface area (Å²) in [4.78, 5) is 26.4. The molecule has 0 aliphatic rings. The van der Waals surface area contributed by atoms with Gasteiger partial charge in [0.15, 0.2) is 0 Å². The number of aryl methyl sites for hydroxylation is 1. The number of amides is 2. The largest absolute Gasteiger partial charge is 0.345 e. The lowest BCUT2D eigenvalue weighted by Crippen LogP contribution is -2.38. The molecule has 200 valence electrons. The Balaban J connectivity index is 1.58. The van der Waals surface area contributed by atoms with Gasteiger partial charge in [-0.3, -0.25) is 13.9 Å². The summed E-state index contributed by atoms with van der Waals surface area (Å²) in [5.41, 5.74) is 2.59. The molecule has 39 heavy (non-hydrogen) atoms. The van der Waals surface area contributed by atoms with E-state index in [9.17, 15) is 18.0 Å². The Labute approximate surface area is 233 Å². The molecule has 0 bridgehead atoms. The number of sulfonamides is 1. The summed E-state index contributed by atoms with van der Waals surface area (Å²) in [5, 5.41) is 5.98. The molecule has 0 saturated carbocycles. The summed E-state index contributed by atoms with van der Waals surface area (Å²) in [5.74, 6) is -0.997. The van der Waals surface area contributed by atoms with Crippen molar-refractivity contribution in [2.24, 2.45) is 0 Å². The highest BCUT2D eigenvalue weighted by Gasteiger charge is 2.28. The average Bonchev–Trinajstić information content (AvgIpc) is 2.92. The van der Waals surface area contributed by atoms with Crippen molar-refractivity contribution in [2.75, 3.05) is 16.2 Å². The van der Waals surface area contributed by atoms with Crippen LogP contribution >= 0.6 is 11.6 Å². The van der Waals surface area contributed by atoms with Crippen molar-refractivity contribution in [3.8, 4) is 0 Å². The normalized spacial score (nSPS) is 11.9. The Morgan fingerprint density at radius 1 is 0.872 bits per heavy atom. The molecule has 1 atom stereocenters. The van der Waals surface area contributed by atoms with Crippen LogP contribution < -0.4 is 14.9 Å². The number of nitrogens with zero attached hydrogens (tertiary/aromatic N) is 1. The quantitative estimate of drug-likeness (QED) is 0.263. The van der Waals surface area contributed by atoms with E-state index in [0.29, 0.717) is 5.02 Å². The Morgan fingerprint density at radius 2 is 1.54 bits per heavy atom. The Hall–Kier alpha value is -4.14. The number of para-hydroxylation sites is 1. The zero-order chi connectivity index (χ0) is 28.0. The fourth-order valence-electron chi connectivity index (χ4n) is 3.99. The van der Waals surface area contributed by atoms with E-state index in [1.807, 2.05) is 44.2 Å². The SMILES string of the molecule is Cc1ccc(S(=O)(=O)N(CC(=O)Nc2ccccc2C(=O)N[C@@H](C)c2ccccc2)c2cccc(Cl)c2)cc1. The lowest BCUT2D eigenvalue weighted by atomic mass is 10.1. The molecule has 0 unspecified atom stereocenters.